The number of benzene rings is 6. The van der Waals surface area contributed by atoms with Crippen molar-refractivity contribution in [1.82, 2.24) is 14.1 Å². The zero-order chi connectivity index (χ0) is 27.6. The molecule has 3 aromatic heterocycles. The Bertz CT molecular complexity index is 2450. The van der Waals surface area contributed by atoms with Crippen LogP contribution in [-0.4, -0.2) is 14.1 Å². The SMILES string of the molecule is c1ccc(-n2c3ccc(-c4ccc5c(c4)c4ccccc4n5-c4ccncc4)cc3c3c4ccccc4ccc32)cc1. The first-order chi connectivity index (χ1) is 20.8. The average molecular weight is 536 g/mol. The van der Waals surface area contributed by atoms with Crippen LogP contribution in [0.5, 0.6) is 0 Å². The predicted molar refractivity (Wildman–Crippen MR) is 176 cm³/mol. The lowest BCUT2D eigenvalue weighted by atomic mass is 9.99. The molecule has 42 heavy (non-hydrogen) atoms. The molecule has 0 radical (unpaired) electrons. The molecule has 0 saturated carbocycles. The average Bonchev–Trinajstić information content (AvgIpc) is 3.58. The molecule has 0 aliphatic carbocycles. The third kappa shape index (κ3) is 3.31. The number of rotatable bonds is 3. The van der Waals surface area contributed by atoms with Crippen LogP contribution in [0.15, 0.2) is 152 Å². The first-order valence-corrected chi connectivity index (χ1v) is 14.3. The van der Waals surface area contributed by atoms with Gasteiger partial charge in [-0.25, -0.2) is 0 Å². The van der Waals surface area contributed by atoms with Gasteiger partial charge in [0.25, 0.3) is 0 Å². The lowest BCUT2D eigenvalue weighted by Crippen LogP contribution is -1.93. The monoisotopic (exact) mass is 535 g/mol. The van der Waals surface area contributed by atoms with E-state index in [0.29, 0.717) is 0 Å². The second-order valence-electron chi connectivity index (χ2n) is 10.9. The third-order valence-electron chi connectivity index (χ3n) is 8.60. The Kier molecular flexibility index (Phi) is 4.90. The molecular weight excluding hydrogens is 510 g/mol. The Labute approximate surface area is 242 Å². The highest BCUT2D eigenvalue weighted by Crippen LogP contribution is 2.40. The third-order valence-corrected chi connectivity index (χ3v) is 8.60. The molecule has 0 spiro atoms. The Morgan fingerprint density at radius 1 is 0.381 bits per heavy atom. The summed E-state index contributed by atoms with van der Waals surface area (Å²) in [5.74, 6) is 0. The van der Waals surface area contributed by atoms with Gasteiger partial charge in [0.05, 0.1) is 22.1 Å². The van der Waals surface area contributed by atoms with Crippen molar-refractivity contribution < 1.29 is 0 Å². The number of hydrogen-bond acceptors (Lipinski definition) is 1. The summed E-state index contributed by atoms with van der Waals surface area (Å²) in [4.78, 5) is 4.24. The van der Waals surface area contributed by atoms with Gasteiger partial charge in [-0.2, -0.15) is 0 Å². The highest BCUT2D eigenvalue weighted by Gasteiger charge is 2.17. The van der Waals surface area contributed by atoms with E-state index in [1.165, 1.54) is 71.2 Å². The lowest BCUT2D eigenvalue weighted by molar-refractivity contribution is 1.16. The normalized spacial score (nSPS) is 11.8. The zero-order valence-electron chi connectivity index (χ0n) is 22.8. The molecule has 0 bridgehead atoms. The largest absolute Gasteiger partial charge is 0.309 e. The van der Waals surface area contributed by atoms with E-state index in [0.717, 1.165) is 5.69 Å². The van der Waals surface area contributed by atoms with E-state index in [2.05, 4.69) is 154 Å². The fraction of sp³-hybridized carbons (Fsp3) is 0. The van der Waals surface area contributed by atoms with Crippen LogP contribution in [0.25, 0.3) is 76.9 Å². The summed E-state index contributed by atoms with van der Waals surface area (Å²) in [6.07, 6.45) is 3.71. The minimum atomic E-state index is 1.12. The van der Waals surface area contributed by atoms with Crippen LogP contribution in [0.4, 0.5) is 0 Å². The molecule has 0 fully saturated rings. The molecule has 9 rings (SSSR count). The summed E-state index contributed by atoms with van der Waals surface area (Å²) < 4.78 is 4.73. The number of aromatic nitrogens is 3. The molecule has 3 heteroatoms. The Morgan fingerprint density at radius 2 is 0.952 bits per heavy atom. The van der Waals surface area contributed by atoms with Gasteiger partial charge in [0, 0.05) is 45.3 Å². The molecule has 3 heterocycles. The smallest absolute Gasteiger partial charge is 0.0547 e. The first-order valence-electron chi connectivity index (χ1n) is 14.3. The second-order valence-corrected chi connectivity index (χ2v) is 10.9. The molecule has 0 aliphatic rings. The van der Waals surface area contributed by atoms with Crippen LogP contribution in [0, 0.1) is 0 Å². The number of hydrogen-bond donors (Lipinski definition) is 0. The minimum Gasteiger partial charge on any atom is -0.309 e. The fourth-order valence-corrected chi connectivity index (χ4v) is 6.75. The molecule has 196 valence electrons. The Hall–Kier alpha value is -5.67. The van der Waals surface area contributed by atoms with Gasteiger partial charge < -0.3 is 9.13 Å². The maximum atomic E-state index is 4.24. The molecule has 0 N–H and O–H groups in total. The maximum absolute atomic E-state index is 4.24. The predicted octanol–water partition coefficient (Wildman–Crippen LogP) is 10.1. The number of nitrogens with zero attached hydrogens (tertiary/aromatic N) is 3. The highest BCUT2D eigenvalue weighted by atomic mass is 15.0. The van der Waals surface area contributed by atoms with Gasteiger partial charge in [-0.05, 0) is 82.6 Å². The van der Waals surface area contributed by atoms with Crippen molar-refractivity contribution in [2.75, 3.05) is 0 Å². The van der Waals surface area contributed by atoms with E-state index in [4.69, 9.17) is 0 Å². The summed E-state index contributed by atoms with van der Waals surface area (Å²) >= 11 is 0. The maximum Gasteiger partial charge on any atom is 0.0547 e. The van der Waals surface area contributed by atoms with Crippen molar-refractivity contribution in [3.8, 4) is 22.5 Å². The second kappa shape index (κ2) is 8.92. The quantitative estimate of drug-likeness (QED) is 0.221. The van der Waals surface area contributed by atoms with Crippen molar-refractivity contribution in [2.24, 2.45) is 0 Å². The van der Waals surface area contributed by atoms with Gasteiger partial charge in [0.2, 0.25) is 0 Å². The lowest BCUT2D eigenvalue weighted by Gasteiger charge is -2.09. The molecular formula is C39H25N3. The summed E-state index contributed by atoms with van der Waals surface area (Å²) in [5, 5.41) is 7.60. The number of pyridine rings is 1. The van der Waals surface area contributed by atoms with Crippen LogP contribution in [0.3, 0.4) is 0 Å². The summed E-state index contributed by atoms with van der Waals surface area (Å²) in [6.45, 7) is 0. The van der Waals surface area contributed by atoms with Crippen molar-refractivity contribution in [3.63, 3.8) is 0 Å². The molecule has 0 aliphatic heterocycles. The summed E-state index contributed by atoms with van der Waals surface area (Å²) in [7, 11) is 0. The zero-order valence-corrected chi connectivity index (χ0v) is 22.8. The minimum absolute atomic E-state index is 1.12. The van der Waals surface area contributed by atoms with E-state index in [9.17, 15) is 0 Å². The van der Waals surface area contributed by atoms with Crippen molar-refractivity contribution >= 4 is 54.4 Å². The molecule has 0 unspecified atom stereocenters. The summed E-state index contributed by atoms with van der Waals surface area (Å²) in [6, 6.07) is 50.5. The fourth-order valence-electron chi connectivity index (χ4n) is 6.75. The number of para-hydroxylation sites is 2. The topological polar surface area (TPSA) is 22.8 Å². The molecule has 6 aromatic carbocycles. The van der Waals surface area contributed by atoms with Gasteiger partial charge in [0.1, 0.15) is 0 Å². The van der Waals surface area contributed by atoms with Gasteiger partial charge >= 0.3 is 0 Å². The molecule has 0 amide bonds. The van der Waals surface area contributed by atoms with Gasteiger partial charge in [-0.1, -0.05) is 78.9 Å². The van der Waals surface area contributed by atoms with E-state index >= 15 is 0 Å². The first kappa shape index (κ1) is 23.1. The van der Waals surface area contributed by atoms with Crippen LogP contribution in [-0.2, 0) is 0 Å². The van der Waals surface area contributed by atoms with Crippen LogP contribution >= 0.6 is 0 Å². The van der Waals surface area contributed by atoms with Gasteiger partial charge in [0.15, 0.2) is 0 Å². The van der Waals surface area contributed by atoms with Crippen molar-refractivity contribution in [3.05, 3.63) is 152 Å². The van der Waals surface area contributed by atoms with E-state index in [-0.39, 0.29) is 0 Å². The standard InChI is InChI=1S/C39H25N3/c1-2-9-29(10-3-1)42-37-18-16-28(25-34(37)39-31-11-5-4-8-26(31)14-19-38(39)42)27-15-17-36-33(24-27)32-12-6-7-13-35(32)41(36)30-20-22-40-23-21-30/h1-25H. The molecule has 9 aromatic rings. The Balaban J connectivity index is 1.32. The van der Waals surface area contributed by atoms with E-state index in [1.807, 2.05) is 12.4 Å². The van der Waals surface area contributed by atoms with Crippen LogP contribution < -0.4 is 0 Å². The van der Waals surface area contributed by atoms with E-state index < -0.39 is 0 Å². The van der Waals surface area contributed by atoms with Crippen LogP contribution in [0.1, 0.15) is 0 Å². The van der Waals surface area contributed by atoms with Crippen molar-refractivity contribution in [1.29, 1.82) is 0 Å². The van der Waals surface area contributed by atoms with Gasteiger partial charge in [-0.3, -0.25) is 4.98 Å². The summed E-state index contributed by atoms with van der Waals surface area (Å²) in [5.41, 5.74) is 9.54. The van der Waals surface area contributed by atoms with Crippen LogP contribution in [0.2, 0.25) is 0 Å². The van der Waals surface area contributed by atoms with Gasteiger partial charge in [-0.15, -0.1) is 0 Å². The molecule has 3 nitrogen and oxygen atoms in total. The number of fused-ring (bicyclic) bond motifs is 8. The highest BCUT2D eigenvalue weighted by molar-refractivity contribution is 6.22. The molecule has 0 saturated heterocycles. The Morgan fingerprint density at radius 3 is 1.76 bits per heavy atom. The molecule has 0 atom stereocenters. The van der Waals surface area contributed by atoms with Crippen molar-refractivity contribution in [2.45, 2.75) is 0 Å². The van der Waals surface area contributed by atoms with E-state index in [1.54, 1.807) is 0 Å².